The van der Waals surface area contributed by atoms with Gasteiger partial charge in [-0.2, -0.15) is 0 Å². The summed E-state index contributed by atoms with van der Waals surface area (Å²) in [4.78, 5) is 4.98. The Morgan fingerprint density at radius 2 is 0.636 bits per heavy atom. The van der Waals surface area contributed by atoms with E-state index in [-0.39, 0.29) is 0 Å². The largest absolute Gasteiger partial charge is 0.310 e. The highest BCUT2D eigenvalue weighted by molar-refractivity contribution is 6.24. The molecule has 0 radical (unpaired) electrons. The van der Waals surface area contributed by atoms with Gasteiger partial charge in [0.2, 0.25) is 0 Å². The van der Waals surface area contributed by atoms with Crippen LogP contribution in [0.15, 0.2) is 115 Å². The van der Waals surface area contributed by atoms with Crippen LogP contribution >= 0.6 is 0 Å². The van der Waals surface area contributed by atoms with Crippen LogP contribution in [0.25, 0.3) is 32.3 Å². The van der Waals surface area contributed by atoms with Crippen LogP contribution in [0.3, 0.4) is 0 Å². The first-order chi connectivity index (χ1) is 26.3. The summed E-state index contributed by atoms with van der Waals surface area (Å²) >= 11 is 0. The van der Waals surface area contributed by atoms with E-state index in [2.05, 4.69) is 201 Å². The molecule has 0 aliphatic rings. The van der Waals surface area contributed by atoms with Crippen molar-refractivity contribution in [3.63, 3.8) is 0 Å². The van der Waals surface area contributed by atoms with Crippen LogP contribution in [0.4, 0.5) is 34.1 Å². The van der Waals surface area contributed by atoms with Gasteiger partial charge in [0.1, 0.15) is 0 Å². The lowest BCUT2D eigenvalue weighted by atomic mass is 9.91. The zero-order chi connectivity index (χ0) is 38.9. The molecule has 0 aliphatic heterocycles. The van der Waals surface area contributed by atoms with E-state index in [1.54, 1.807) is 0 Å². The van der Waals surface area contributed by atoms with E-state index in [1.165, 1.54) is 122 Å². The van der Waals surface area contributed by atoms with Gasteiger partial charge >= 0.3 is 0 Å². The molecule has 0 fully saturated rings. The highest BCUT2D eigenvalue weighted by Crippen LogP contribution is 2.48. The first kappa shape index (κ1) is 36.1. The van der Waals surface area contributed by atoms with E-state index in [1.807, 2.05) is 0 Å². The second-order valence-electron chi connectivity index (χ2n) is 16.2. The molecule has 8 aromatic carbocycles. The van der Waals surface area contributed by atoms with Crippen molar-refractivity contribution in [2.75, 3.05) is 9.80 Å². The first-order valence-corrected chi connectivity index (χ1v) is 19.6. The normalized spacial score (nSPS) is 11.5. The molecule has 0 heterocycles. The Hall–Kier alpha value is -5.86. The van der Waals surface area contributed by atoms with Crippen LogP contribution in [-0.2, 0) is 0 Å². The number of anilines is 6. The topological polar surface area (TPSA) is 6.48 Å². The predicted octanol–water partition coefficient (Wildman–Crippen LogP) is 15.5. The smallest absolute Gasteiger partial charge is 0.0546 e. The van der Waals surface area contributed by atoms with Gasteiger partial charge in [0.15, 0.2) is 0 Å². The maximum absolute atomic E-state index is 2.50. The molecule has 2 heteroatoms. The Labute approximate surface area is 327 Å². The van der Waals surface area contributed by atoms with E-state index in [9.17, 15) is 0 Å². The fourth-order valence-electron chi connectivity index (χ4n) is 8.31. The van der Waals surface area contributed by atoms with E-state index in [0.717, 1.165) is 5.69 Å². The molecule has 0 bridgehead atoms. The molecule has 2 nitrogen and oxygen atoms in total. The van der Waals surface area contributed by atoms with Crippen molar-refractivity contribution in [1.29, 1.82) is 0 Å². The Morgan fingerprint density at radius 1 is 0.255 bits per heavy atom. The van der Waals surface area contributed by atoms with Crippen LogP contribution in [0.5, 0.6) is 0 Å². The SMILES string of the molecule is Cc1ccc(N(c2cc(C)c(C)c(C)c2)c2cc3c4ccc(C)cc4c(N(c4ccc(C)c(C)c4)c4cc(C)c(C)c(C)c4)cc3c3ccc(C)cc23)cc1. The molecule has 8 rings (SSSR count). The molecule has 0 amide bonds. The third-order valence-electron chi connectivity index (χ3n) is 12.2. The molecular weight excluding hydrogens is 665 g/mol. The van der Waals surface area contributed by atoms with E-state index in [4.69, 9.17) is 0 Å². The van der Waals surface area contributed by atoms with Crippen molar-refractivity contribution in [2.24, 2.45) is 0 Å². The van der Waals surface area contributed by atoms with Crippen molar-refractivity contribution < 1.29 is 0 Å². The maximum Gasteiger partial charge on any atom is 0.0546 e. The van der Waals surface area contributed by atoms with Crippen LogP contribution < -0.4 is 9.80 Å². The number of nitrogens with zero attached hydrogens (tertiary/aromatic N) is 2. The molecule has 0 spiro atoms. The summed E-state index contributed by atoms with van der Waals surface area (Å²) in [7, 11) is 0. The second kappa shape index (κ2) is 13.8. The Morgan fingerprint density at radius 3 is 1.07 bits per heavy atom. The van der Waals surface area contributed by atoms with Gasteiger partial charge in [0.25, 0.3) is 0 Å². The Kier molecular flexibility index (Phi) is 9.05. The van der Waals surface area contributed by atoms with Gasteiger partial charge in [-0.25, -0.2) is 0 Å². The fraction of sp³-hybridized carbons (Fsp3) is 0.208. The van der Waals surface area contributed by atoms with E-state index >= 15 is 0 Å². The van der Waals surface area contributed by atoms with Crippen LogP contribution in [-0.4, -0.2) is 0 Å². The number of hydrogen-bond acceptors (Lipinski definition) is 2. The molecule has 274 valence electrons. The zero-order valence-electron chi connectivity index (χ0n) is 34.4. The van der Waals surface area contributed by atoms with Gasteiger partial charge in [-0.15, -0.1) is 0 Å². The van der Waals surface area contributed by atoms with E-state index in [0.29, 0.717) is 0 Å². The van der Waals surface area contributed by atoms with Crippen LogP contribution in [0, 0.1) is 76.2 Å². The third-order valence-corrected chi connectivity index (χ3v) is 12.2. The van der Waals surface area contributed by atoms with Crippen molar-refractivity contribution >= 4 is 66.4 Å². The summed E-state index contributed by atoms with van der Waals surface area (Å²) in [6, 6.07) is 44.2. The van der Waals surface area contributed by atoms with Crippen molar-refractivity contribution in [3.8, 4) is 0 Å². The molecule has 0 saturated heterocycles. The van der Waals surface area contributed by atoms with Crippen molar-refractivity contribution in [3.05, 3.63) is 176 Å². The number of benzene rings is 8. The van der Waals surface area contributed by atoms with Gasteiger partial charge in [-0.05, 0) is 215 Å². The minimum Gasteiger partial charge on any atom is -0.310 e. The van der Waals surface area contributed by atoms with Gasteiger partial charge < -0.3 is 9.80 Å². The van der Waals surface area contributed by atoms with Crippen LogP contribution in [0.2, 0.25) is 0 Å². The molecule has 0 aromatic heterocycles. The van der Waals surface area contributed by atoms with Crippen molar-refractivity contribution in [2.45, 2.75) is 76.2 Å². The zero-order valence-corrected chi connectivity index (χ0v) is 34.4. The first-order valence-electron chi connectivity index (χ1n) is 19.6. The average molecular weight is 717 g/mol. The molecule has 0 aliphatic carbocycles. The quantitative estimate of drug-likeness (QED) is 0.158. The summed E-state index contributed by atoms with van der Waals surface area (Å²) in [5.74, 6) is 0. The second-order valence-corrected chi connectivity index (χ2v) is 16.2. The summed E-state index contributed by atoms with van der Waals surface area (Å²) < 4.78 is 0. The number of hydrogen-bond donors (Lipinski definition) is 0. The average Bonchev–Trinajstić information content (AvgIpc) is 3.15. The third kappa shape index (κ3) is 6.34. The lowest BCUT2D eigenvalue weighted by Gasteiger charge is -2.31. The van der Waals surface area contributed by atoms with Crippen LogP contribution in [0.1, 0.15) is 61.2 Å². The predicted molar refractivity (Wildman–Crippen MR) is 240 cm³/mol. The Bertz CT molecular complexity index is 2770. The highest BCUT2D eigenvalue weighted by atomic mass is 15.2. The number of rotatable bonds is 6. The number of aryl methyl sites for hydroxylation is 9. The molecule has 0 atom stereocenters. The van der Waals surface area contributed by atoms with E-state index < -0.39 is 0 Å². The van der Waals surface area contributed by atoms with Gasteiger partial charge in [-0.1, -0.05) is 59.2 Å². The lowest BCUT2D eigenvalue weighted by molar-refractivity contribution is 1.21. The summed E-state index contributed by atoms with van der Waals surface area (Å²) in [6.45, 7) is 24.4. The summed E-state index contributed by atoms with van der Waals surface area (Å²) in [5, 5.41) is 7.47. The molecule has 0 saturated carbocycles. The standard InChI is InChI=1S/C53H52N2/c1-31-12-17-42(18-13-31)54(44-25-36(6)40(10)37(7)26-44)52-29-48-47-21-15-33(3)23-51(47)53(30-49(48)46-20-14-32(2)22-50(46)52)55(43-19-16-34(4)35(5)24-43)45-27-38(8)41(11)39(9)28-45/h12-30H,1-11H3. The Balaban J connectivity index is 1.51. The molecule has 8 aromatic rings. The minimum absolute atomic E-state index is 1.15. The minimum atomic E-state index is 1.15. The van der Waals surface area contributed by atoms with Crippen molar-refractivity contribution in [1.82, 2.24) is 0 Å². The molecule has 0 N–H and O–H groups in total. The molecule has 0 unspecified atom stereocenters. The fourth-order valence-corrected chi connectivity index (χ4v) is 8.31. The summed E-state index contributed by atoms with van der Waals surface area (Å²) in [5.41, 5.74) is 21.2. The highest BCUT2D eigenvalue weighted by Gasteiger charge is 2.23. The molecule has 55 heavy (non-hydrogen) atoms. The number of fused-ring (bicyclic) bond motifs is 5. The maximum atomic E-state index is 2.50. The van der Waals surface area contributed by atoms with Gasteiger partial charge in [-0.3, -0.25) is 0 Å². The molecular formula is C53H52N2. The monoisotopic (exact) mass is 716 g/mol. The summed E-state index contributed by atoms with van der Waals surface area (Å²) in [6.07, 6.45) is 0. The van der Waals surface area contributed by atoms with Gasteiger partial charge in [0, 0.05) is 33.5 Å². The van der Waals surface area contributed by atoms with Gasteiger partial charge in [0.05, 0.1) is 11.4 Å². The lowest BCUT2D eigenvalue weighted by Crippen LogP contribution is -2.13.